The summed E-state index contributed by atoms with van der Waals surface area (Å²) in [6, 6.07) is 40.5. The number of fused-ring (bicyclic) bond motifs is 2. The fraction of sp³-hybridized carbons (Fsp3) is 0.261. The van der Waals surface area contributed by atoms with Crippen molar-refractivity contribution < 1.29 is 33.1 Å². The number of amides is 4. The summed E-state index contributed by atoms with van der Waals surface area (Å²) in [5, 5.41) is 9.92. The van der Waals surface area contributed by atoms with Gasteiger partial charge in [0, 0.05) is 52.9 Å². The van der Waals surface area contributed by atoms with Gasteiger partial charge in [0.15, 0.2) is 5.60 Å². The summed E-state index contributed by atoms with van der Waals surface area (Å²) in [6.07, 6.45) is 0.323. The van der Waals surface area contributed by atoms with Crippen LogP contribution in [0.4, 0.5) is 32.5 Å². The standard InChI is InChI=1S/C46H47FN4O6Si/c1-33-44(58(2,3)47)42(28-43(55)48(25-26-52)29-34-13-7-4-8-14-34)57-46(33)40-27-39(51(32-54)37-17-11-6-12-18-37)23-24-41(40)49(45(46)56)30-35-19-21-38(22-20-35)50(31-53)36-15-9-5-10-16-36/h4-24,27,31-33,42,44,52H,25-26,28-30H2,1-3H3/t33-,42+,44-,46+/m1/s1. The highest BCUT2D eigenvalue weighted by atomic mass is 28.4. The lowest BCUT2D eigenvalue weighted by Gasteiger charge is -2.31. The second-order valence-corrected chi connectivity index (χ2v) is 19.2. The molecule has 1 saturated heterocycles. The van der Waals surface area contributed by atoms with Gasteiger partial charge >= 0.3 is 0 Å². The van der Waals surface area contributed by atoms with E-state index in [1.54, 1.807) is 53.2 Å². The summed E-state index contributed by atoms with van der Waals surface area (Å²) in [4.78, 5) is 60.3. The Hall–Kier alpha value is -5.95. The van der Waals surface area contributed by atoms with Crippen molar-refractivity contribution in [2.45, 2.75) is 56.8 Å². The quantitative estimate of drug-likeness (QED) is 0.0653. The lowest BCUT2D eigenvalue weighted by atomic mass is 9.82. The van der Waals surface area contributed by atoms with E-state index in [1.165, 1.54) is 9.80 Å². The van der Waals surface area contributed by atoms with Gasteiger partial charge < -0.3 is 23.8 Å². The summed E-state index contributed by atoms with van der Waals surface area (Å²) in [5.41, 5.74) is 2.74. The Labute approximate surface area is 339 Å². The van der Waals surface area contributed by atoms with Gasteiger partial charge in [-0.25, -0.2) is 0 Å². The van der Waals surface area contributed by atoms with E-state index >= 15 is 8.90 Å². The number of carbonyl (C=O) groups excluding carboxylic acids is 4. The molecule has 7 rings (SSSR count). The van der Waals surface area contributed by atoms with E-state index < -0.39 is 31.6 Å². The van der Waals surface area contributed by atoms with Crippen LogP contribution in [0.3, 0.4) is 0 Å². The summed E-state index contributed by atoms with van der Waals surface area (Å²) >= 11 is 0. The fourth-order valence-corrected chi connectivity index (χ4v) is 11.2. The first-order chi connectivity index (χ1) is 28.0. The van der Waals surface area contributed by atoms with Crippen LogP contribution in [0.1, 0.15) is 30.0 Å². The molecule has 0 bridgehead atoms. The van der Waals surface area contributed by atoms with Crippen LogP contribution in [0.2, 0.25) is 18.6 Å². The van der Waals surface area contributed by atoms with Crippen molar-refractivity contribution in [3.63, 3.8) is 0 Å². The molecule has 1 N–H and O–H groups in total. The highest BCUT2D eigenvalue weighted by molar-refractivity contribution is 6.72. The molecule has 58 heavy (non-hydrogen) atoms. The monoisotopic (exact) mass is 798 g/mol. The first kappa shape index (κ1) is 40.3. The molecule has 2 heterocycles. The maximum Gasteiger partial charge on any atom is 0.264 e. The van der Waals surface area contributed by atoms with Gasteiger partial charge in [0.1, 0.15) is 0 Å². The molecule has 2 aliphatic heterocycles. The van der Waals surface area contributed by atoms with E-state index in [9.17, 15) is 19.5 Å². The number of ether oxygens (including phenoxy) is 1. The number of halogens is 1. The third kappa shape index (κ3) is 7.70. The van der Waals surface area contributed by atoms with Gasteiger partial charge in [0.05, 0.1) is 31.4 Å². The predicted molar refractivity (Wildman–Crippen MR) is 225 cm³/mol. The number of hydrogen-bond donors (Lipinski definition) is 1. The second kappa shape index (κ2) is 16.9. The average molecular weight is 799 g/mol. The van der Waals surface area contributed by atoms with Crippen molar-refractivity contribution in [3.05, 3.63) is 150 Å². The molecule has 2 aliphatic rings. The van der Waals surface area contributed by atoms with E-state index in [0.29, 0.717) is 40.4 Å². The number of nitrogens with zero attached hydrogens (tertiary/aromatic N) is 4. The van der Waals surface area contributed by atoms with Crippen molar-refractivity contribution in [1.29, 1.82) is 0 Å². The molecule has 5 aromatic carbocycles. The normalized spacial score (nSPS) is 19.8. The van der Waals surface area contributed by atoms with Crippen molar-refractivity contribution in [2.24, 2.45) is 5.92 Å². The van der Waals surface area contributed by atoms with E-state index in [4.69, 9.17) is 4.74 Å². The maximum absolute atomic E-state index is 16.7. The minimum absolute atomic E-state index is 0.0803. The van der Waals surface area contributed by atoms with Crippen LogP contribution in [0.25, 0.3) is 0 Å². The number of carbonyl (C=O) groups is 4. The second-order valence-electron chi connectivity index (χ2n) is 15.4. The van der Waals surface area contributed by atoms with Crippen LogP contribution in [0.15, 0.2) is 133 Å². The molecule has 1 fully saturated rings. The summed E-state index contributed by atoms with van der Waals surface area (Å²) in [5.74, 6) is -1.40. The highest BCUT2D eigenvalue weighted by Gasteiger charge is 2.67. The van der Waals surface area contributed by atoms with Crippen LogP contribution in [0.5, 0.6) is 0 Å². The van der Waals surface area contributed by atoms with Crippen molar-refractivity contribution in [1.82, 2.24) is 4.90 Å². The van der Waals surface area contributed by atoms with E-state index in [0.717, 1.165) is 17.5 Å². The van der Waals surface area contributed by atoms with Crippen LogP contribution < -0.4 is 14.7 Å². The number of aliphatic hydroxyl groups excluding tert-OH is 1. The lowest BCUT2D eigenvalue weighted by molar-refractivity contribution is -0.150. The molecule has 10 nitrogen and oxygen atoms in total. The van der Waals surface area contributed by atoms with Gasteiger partial charge in [-0.05, 0) is 78.8 Å². The van der Waals surface area contributed by atoms with Gasteiger partial charge in [0.25, 0.3) is 5.91 Å². The topological polar surface area (TPSA) is 111 Å². The SMILES string of the molecule is C[C@@H]1[C@@H]([Si](C)(C)F)[C@H](CC(=O)N(CCO)Cc2ccccc2)O[C@@]12C(=O)N(Cc1ccc(N(C=O)c3ccccc3)cc1)c1ccc(N(C=O)c3ccccc3)cc12. The average Bonchev–Trinajstić information content (AvgIpc) is 3.65. The molecule has 0 saturated carbocycles. The molecule has 0 radical (unpaired) electrons. The van der Waals surface area contributed by atoms with E-state index in [-0.39, 0.29) is 44.5 Å². The molecule has 1 spiro atoms. The summed E-state index contributed by atoms with van der Waals surface area (Å²) < 4.78 is 23.7. The van der Waals surface area contributed by atoms with E-state index in [1.807, 2.05) is 110 Å². The molecule has 12 heteroatoms. The molecule has 0 aliphatic carbocycles. The van der Waals surface area contributed by atoms with Crippen LogP contribution in [-0.4, -0.2) is 62.3 Å². The Morgan fingerprint density at radius 1 is 0.793 bits per heavy atom. The van der Waals surface area contributed by atoms with Crippen LogP contribution in [0, 0.1) is 5.92 Å². The third-order valence-electron chi connectivity index (χ3n) is 11.4. The first-order valence-electron chi connectivity index (χ1n) is 19.4. The minimum atomic E-state index is -3.64. The minimum Gasteiger partial charge on any atom is -0.395 e. The largest absolute Gasteiger partial charge is 0.395 e. The Bertz CT molecular complexity index is 2240. The van der Waals surface area contributed by atoms with Gasteiger partial charge in [0.2, 0.25) is 27.1 Å². The highest BCUT2D eigenvalue weighted by Crippen LogP contribution is 2.61. The van der Waals surface area contributed by atoms with Crippen molar-refractivity contribution >= 4 is 61.5 Å². The fourth-order valence-electron chi connectivity index (χ4n) is 8.72. The van der Waals surface area contributed by atoms with Crippen molar-refractivity contribution in [3.8, 4) is 0 Å². The van der Waals surface area contributed by atoms with Gasteiger partial charge in [-0.15, -0.1) is 0 Å². The van der Waals surface area contributed by atoms with Gasteiger partial charge in [-0.3, -0.25) is 29.0 Å². The zero-order valence-corrected chi connectivity index (χ0v) is 33.8. The number of para-hydroxylation sites is 2. The third-order valence-corrected chi connectivity index (χ3v) is 13.8. The summed E-state index contributed by atoms with van der Waals surface area (Å²) in [6.45, 7) is 5.22. The zero-order chi connectivity index (χ0) is 41.0. The summed E-state index contributed by atoms with van der Waals surface area (Å²) in [7, 11) is -3.64. The number of benzene rings is 5. The predicted octanol–water partition coefficient (Wildman–Crippen LogP) is 8.01. The van der Waals surface area contributed by atoms with Crippen LogP contribution in [-0.2, 0) is 42.6 Å². The number of hydrogen-bond acceptors (Lipinski definition) is 6. The molecule has 298 valence electrons. The molecular weight excluding hydrogens is 752 g/mol. The Morgan fingerprint density at radius 3 is 1.88 bits per heavy atom. The Balaban J connectivity index is 1.27. The molecule has 5 aromatic rings. The number of anilines is 5. The molecular formula is C46H47FN4O6Si. The van der Waals surface area contributed by atoms with Gasteiger partial charge in [-0.2, -0.15) is 0 Å². The lowest BCUT2D eigenvalue weighted by Crippen LogP contribution is -2.45. The zero-order valence-electron chi connectivity index (χ0n) is 32.8. The Kier molecular flexibility index (Phi) is 11.7. The maximum atomic E-state index is 16.7. The molecule has 0 unspecified atom stereocenters. The van der Waals surface area contributed by atoms with Crippen LogP contribution >= 0.6 is 0 Å². The first-order valence-corrected chi connectivity index (χ1v) is 22.4. The Morgan fingerprint density at radius 2 is 1.33 bits per heavy atom. The molecule has 4 atom stereocenters. The smallest absolute Gasteiger partial charge is 0.264 e. The van der Waals surface area contributed by atoms with Crippen molar-refractivity contribution in [2.75, 3.05) is 27.9 Å². The molecule has 0 aromatic heterocycles. The number of rotatable bonds is 15. The van der Waals surface area contributed by atoms with E-state index in [2.05, 4.69) is 0 Å². The van der Waals surface area contributed by atoms with Gasteiger partial charge in [-0.1, -0.05) is 85.8 Å². The number of aliphatic hydroxyl groups is 1. The molecule has 4 amide bonds.